The minimum Gasteiger partial charge on any atom is -0.338 e. The Balaban J connectivity index is 2.00. The number of hydrogen-bond acceptors (Lipinski definition) is 4. The minimum absolute atomic E-state index is 0.100. The van der Waals surface area contributed by atoms with Gasteiger partial charge in [-0.2, -0.15) is 0 Å². The summed E-state index contributed by atoms with van der Waals surface area (Å²) < 4.78 is 0. The van der Waals surface area contributed by atoms with Gasteiger partial charge < -0.3 is 10.6 Å². The SMILES string of the molecule is NCC1CCN(C(=O)c2cncs2)C1. The minimum atomic E-state index is 0.100. The first kappa shape index (κ1) is 9.61. The van der Waals surface area contributed by atoms with Gasteiger partial charge in [-0.3, -0.25) is 9.78 Å². The maximum absolute atomic E-state index is 11.8. The van der Waals surface area contributed by atoms with Gasteiger partial charge >= 0.3 is 0 Å². The molecule has 1 aliphatic heterocycles. The Morgan fingerprint density at radius 1 is 1.79 bits per heavy atom. The largest absolute Gasteiger partial charge is 0.338 e. The van der Waals surface area contributed by atoms with E-state index in [1.165, 1.54) is 11.3 Å². The van der Waals surface area contributed by atoms with Crippen LogP contribution < -0.4 is 5.73 Å². The van der Waals surface area contributed by atoms with Gasteiger partial charge in [-0.05, 0) is 18.9 Å². The molecule has 5 heteroatoms. The third-order valence-corrected chi connectivity index (χ3v) is 3.31. The normalized spacial score (nSPS) is 21.5. The summed E-state index contributed by atoms with van der Waals surface area (Å²) in [5, 5.41) is 0. The fourth-order valence-electron chi connectivity index (χ4n) is 1.69. The van der Waals surface area contributed by atoms with Crippen LogP contribution in [0.5, 0.6) is 0 Å². The topological polar surface area (TPSA) is 59.2 Å². The molecule has 1 aromatic rings. The van der Waals surface area contributed by atoms with Crippen LogP contribution in [0.15, 0.2) is 11.7 Å². The fraction of sp³-hybridized carbons (Fsp3) is 0.556. The van der Waals surface area contributed by atoms with Crippen LogP contribution in [0.1, 0.15) is 16.1 Å². The lowest BCUT2D eigenvalue weighted by molar-refractivity contribution is 0.0792. The Morgan fingerprint density at radius 3 is 3.21 bits per heavy atom. The number of rotatable bonds is 2. The molecular formula is C9H13N3OS. The highest BCUT2D eigenvalue weighted by atomic mass is 32.1. The number of amides is 1. The summed E-state index contributed by atoms with van der Waals surface area (Å²) in [6.45, 7) is 2.30. The van der Waals surface area contributed by atoms with Gasteiger partial charge in [-0.1, -0.05) is 0 Å². The molecule has 0 bridgehead atoms. The molecule has 1 fully saturated rings. The molecule has 0 radical (unpaired) electrons. The monoisotopic (exact) mass is 211 g/mol. The zero-order valence-corrected chi connectivity index (χ0v) is 8.67. The van der Waals surface area contributed by atoms with Crippen molar-refractivity contribution >= 4 is 17.2 Å². The van der Waals surface area contributed by atoms with E-state index >= 15 is 0 Å². The zero-order valence-electron chi connectivity index (χ0n) is 7.85. The van der Waals surface area contributed by atoms with Crippen molar-refractivity contribution in [2.24, 2.45) is 11.7 Å². The highest BCUT2D eigenvalue weighted by Crippen LogP contribution is 2.18. The van der Waals surface area contributed by atoms with Crippen molar-refractivity contribution in [2.75, 3.05) is 19.6 Å². The highest BCUT2D eigenvalue weighted by molar-refractivity contribution is 7.11. The summed E-state index contributed by atoms with van der Waals surface area (Å²) in [4.78, 5) is 18.3. The molecule has 1 aliphatic rings. The number of carbonyl (C=O) groups excluding carboxylic acids is 1. The average molecular weight is 211 g/mol. The van der Waals surface area contributed by atoms with Crippen molar-refractivity contribution in [3.8, 4) is 0 Å². The van der Waals surface area contributed by atoms with Crippen molar-refractivity contribution in [3.05, 3.63) is 16.6 Å². The number of nitrogens with two attached hydrogens (primary N) is 1. The van der Waals surface area contributed by atoms with Gasteiger partial charge in [-0.25, -0.2) is 0 Å². The maximum Gasteiger partial charge on any atom is 0.265 e. The molecule has 0 aromatic carbocycles. The smallest absolute Gasteiger partial charge is 0.265 e. The Hall–Kier alpha value is -0.940. The van der Waals surface area contributed by atoms with Crippen molar-refractivity contribution in [3.63, 3.8) is 0 Å². The second kappa shape index (κ2) is 4.06. The number of thiazole rings is 1. The van der Waals surface area contributed by atoms with E-state index in [0.29, 0.717) is 12.5 Å². The molecular weight excluding hydrogens is 198 g/mol. The van der Waals surface area contributed by atoms with E-state index in [1.807, 2.05) is 4.90 Å². The second-order valence-corrected chi connectivity index (χ2v) is 4.39. The van der Waals surface area contributed by atoms with E-state index in [9.17, 15) is 4.79 Å². The lowest BCUT2D eigenvalue weighted by atomic mass is 10.1. The van der Waals surface area contributed by atoms with Crippen LogP contribution in [0.3, 0.4) is 0 Å². The van der Waals surface area contributed by atoms with Crippen molar-refractivity contribution in [2.45, 2.75) is 6.42 Å². The molecule has 14 heavy (non-hydrogen) atoms. The average Bonchev–Trinajstić information content (AvgIpc) is 2.88. The van der Waals surface area contributed by atoms with E-state index in [2.05, 4.69) is 4.98 Å². The quantitative estimate of drug-likeness (QED) is 0.777. The summed E-state index contributed by atoms with van der Waals surface area (Å²) in [5.41, 5.74) is 7.25. The first-order valence-electron chi connectivity index (χ1n) is 4.69. The molecule has 4 nitrogen and oxygen atoms in total. The first-order valence-corrected chi connectivity index (χ1v) is 5.57. The Kier molecular flexibility index (Phi) is 2.79. The lowest BCUT2D eigenvalue weighted by Gasteiger charge is -2.14. The van der Waals surface area contributed by atoms with Crippen LogP contribution in [0.4, 0.5) is 0 Å². The molecule has 0 aliphatic carbocycles. The van der Waals surface area contributed by atoms with Gasteiger partial charge in [0.25, 0.3) is 5.91 Å². The van der Waals surface area contributed by atoms with Gasteiger partial charge in [0.05, 0.1) is 11.7 Å². The third-order valence-electron chi connectivity index (χ3n) is 2.55. The van der Waals surface area contributed by atoms with Crippen LogP contribution >= 0.6 is 11.3 Å². The number of nitrogens with zero attached hydrogens (tertiary/aromatic N) is 2. The van der Waals surface area contributed by atoms with Crippen molar-refractivity contribution < 1.29 is 4.79 Å². The van der Waals surface area contributed by atoms with Gasteiger partial charge in [0.2, 0.25) is 0 Å². The van der Waals surface area contributed by atoms with Crippen LogP contribution in [-0.2, 0) is 0 Å². The van der Waals surface area contributed by atoms with E-state index in [4.69, 9.17) is 5.73 Å². The van der Waals surface area contributed by atoms with Crippen LogP contribution in [0.2, 0.25) is 0 Å². The number of carbonyl (C=O) groups is 1. The third kappa shape index (κ3) is 1.78. The summed E-state index contributed by atoms with van der Waals surface area (Å²) >= 11 is 1.39. The van der Waals surface area contributed by atoms with Crippen LogP contribution in [-0.4, -0.2) is 35.4 Å². The summed E-state index contributed by atoms with van der Waals surface area (Å²) in [7, 11) is 0. The zero-order chi connectivity index (χ0) is 9.97. The van der Waals surface area contributed by atoms with Gasteiger partial charge in [0, 0.05) is 13.1 Å². The molecule has 1 saturated heterocycles. The van der Waals surface area contributed by atoms with Gasteiger partial charge in [0.15, 0.2) is 0 Å². The van der Waals surface area contributed by atoms with Gasteiger partial charge in [-0.15, -0.1) is 11.3 Å². The lowest BCUT2D eigenvalue weighted by Crippen LogP contribution is -2.29. The van der Waals surface area contributed by atoms with E-state index in [1.54, 1.807) is 11.7 Å². The molecule has 1 amide bonds. The van der Waals surface area contributed by atoms with E-state index < -0.39 is 0 Å². The summed E-state index contributed by atoms with van der Waals surface area (Å²) in [5.74, 6) is 0.579. The van der Waals surface area contributed by atoms with Gasteiger partial charge in [0.1, 0.15) is 4.88 Å². The predicted octanol–water partition coefficient (Wildman–Crippen LogP) is 0.564. The number of hydrogen-bond donors (Lipinski definition) is 1. The Morgan fingerprint density at radius 2 is 2.64 bits per heavy atom. The standard InChI is InChI=1S/C9H13N3OS/c10-3-7-1-2-12(5-7)9(13)8-4-11-6-14-8/h4,6-7H,1-3,5,10H2. The number of likely N-dealkylation sites (tertiary alicyclic amines) is 1. The maximum atomic E-state index is 11.8. The Labute approximate surface area is 86.7 Å². The molecule has 0 spiro atoms. The second-order valence-electron chi connectivity index (χ2n) is 3.51. The molecule has 1 atom stereocenters. The highest BCUT2D eigenvalue weighted by Gasteiger charge is 2.26. The molecule has 0 saturated carbocycles. The first-order chi connectivity index (χ1) is 6.81. The van der Waals surface area contributed by atoms with Crippen molar-refractivity contribution in [1.82, 2.24) is 9.88 Å². The van der Waals surface area contributed by atoms with Crippen molar-refractivity contribution in [1.29, 1.82) is 0 Å². The molecule has 2 heterocycles. The molecule has 76 valence electrons. The van der Waals surface area contributed by atoms with Crippen LogP contribution in [0, 0.1) is 5.92 Å². The van der Waals surface area contributed by atoms with E-state index in [0.717, 1.165) is 24.4 Å². The molecule has 1 aromatic heterocycles. The molecule has 1 unspecified atom stereocenters. The fourth-order valence-corrected chi connectivity index (χ4v) is 2.27. The molecule has 2 rings (SSSR count). The summed E-state index contributed by atoms with van der Waals surface area (Å²) in [6, 6.07) is 0. The predicted molar refractivity (Wildman–Crippen MR) is 55.2 cm³/mol. The van der Waals surface area contributed by atoms with E-state index in [-0.39, 0.29) is 5.91 Å². The Bertz CT molecular complexity index is 312. The van der Waals surface area contributed by atoms with Crippen LogP contribution in [0.25, 0.3) is 0 Å². The number of aromatic nitrogens is 1. The molecule has 2 N–H and O–H groups in total. The summed E-state index contributed by atoms with van der Waals surface area (Å²) in [6.07, 6.45) is 2.66.